The van der Waals surface area contributed by atoms with Crippen LogP contribution in [0.4, 0.5) is 0 Å². The molecular formula is C19H22N2O4S. The number of benzene rings is 2. The van der Waals surface area contributed by atoms with Crippen LogP contribution < -0.4 is 14.2 Å². The van der Waals surface area contributed by atoms with Crippen LogP contribution in [0, 0.1) is 0 Å². The highest BCUT2D eigenvalue weighted by atomic mass is 32.2. The van der Waals surface area contributed by atoms with Crippen molar-refractivity contribution in [1.29, 1.82) is 0 Å². The molecule has 26 heavy (non-hydrogen) atoms. The Balaban J connectivity index is 1.68. The van der Waals surface area contributed by atoms with E-state index in [0.717, 1.165) is 16.2 Å². The normalized spacial score (nSPS) is 10.9. The maximum Gasteiger partial charge on any atom is 0.203 e. The van der Waals surface area contributed by atoms with Crippen molar-refractivity contribution in [3.05, 3.63) is 42.5 Å². The Labute approximate surface area is 156 Å². The van der Waals surface area contributed by atoms with E-state index >= 15 is 0 Å². The number of hydrogen-bond donors (Lipinski definition) is 1. The van der Waals surface area contributed by atoms with Crippen LogP contribution in [0.1, 0.15) is 0 Å². The standard InChI is InChI=1S/C19H22N2O4S/c1-23-16-8-5-9-17(24-2)18(16)25-12-13-26-19-20-14-6-3-4-7-15(14)21(19)10-11-22/h3-9,22H,10-13H2,1-2H3. The van der Waals surface area contributed by atoms with Gasteiger partial charge in [0.15, 0.2) is 16.7 Å². The van der Waals surface area contributed by atoms with Crippen LogP contribution in [-0.2, 0) is 6.54 Å². The van der Waals surface area contributed by atoms with Crippen LogP contribution in [0.15, 0.2) is 47.6 Å². The molecular weight excluding hydrogens is 352 g/mol. The number of nitrogens with zero attached hydrogens (tertiary/aromatic N) is 2. The Kier molecular flexibility index (Phi) is 6.25. The lowest BCUT2D eigenvalue weighted by atomic mass is 10.3. The molecule has 0 fully saturated rings. The van der Waals surface area contributed by atoms with Gasteiger partial charge in [0.25, 0.3) is 0 Å². The van der Waals surface area contributed by atoms with Crippen molar-refractivity contribution in [2.24, 2.45) is 0 Å². The highest BCUT2D eigenvalue weighted by molar-refractivity contribution is 7.99. The van der Waals surface area contributed by atoms with Crippen molar-refractivity contribution in [2.45, 2.75) is 11.7 Å². The van der Waals surface area contributed by atoms with Gasteiger partial charge in [-0.2, -0.15) is 0 Å². The Hall–Kier alpha value is -2.38. The fraction of sp³-hybridized carbons (Fsp3) is 0.316. The summed E-state index contributed by atoms with van der Waals surface area (Å²) in [5.41, 5.74) is 1.95. The summed E-state index contributed by atoms with van der Waals surface area (Å²) < 4.78 is 18.6. The zero-order chi connectivity index (χ0) is 18.4. The quantitative estimate of drug-likeness (QED) is 0.458. The minimum atomic E-state index is 0.0722. The maximum atomic E-state index is 9.35. The zero-order valence-electron chi connectivity index (χ0n) is 14.8. The van der Waals surface area contributed by atoms with E-state index in [0.29, 0.717) is 36.2 Å². The predicted molar refractivity (Wildman–Crippen MR) is 103 cm³/mol. The summed E-state index contributed by atoms with van der Waals surface area (Å²) in [6.07, 6.45) is 0. The molecule has 0 aliphatic carbocycles. The average molecular weight is 374 g/mol. The van der Waals surface area contributed by atoms with Crippen LogP contribution in [0.2, 0.25) is 0 Å². The van der Waals surface area contributed by atoms with Gasteiger partial charge in [0.2, 0.25) is 5.75 Å². The van der Waals surface area contributed by atoms with Gasteiger partial charge in [-0.15, -0.1) is 0 Å². The Bertz CT molecular complexity index is 844. The minimum absolute atomic E-state index is 0.0722. The highest BCUT2D eigenvalue weighted by Gasteiger charge is 2.13. The van der Waals surface area contributed by atoms with Crippen molar-refractivity contribution in [3.8, 4) is 17.2 Å². The van der Waals surface area contributed by atoms with Gasteiger partial charge in [-0.3, -0.25) is 0 Å². The molecule has 0 bridgehead atoms. The number of aliphatic hydroxyl groups is 1. The summed E-state index contributed by atoms with van der Waals surface area (Å²) in [7, 11) is 3.21. The van der Waals surface area contributed by atoms with Crippen molar-refractivity contribution < 1.29 is 19.3 Å². The SMILES string of the molecule is COc1cccc(OC)c1OCCSc1nc2ccccc2n1CCO. The first-order valence-electron chi connectivity index (χ1n) is 8.31. The number of fused-ring (bicyclic) bond motifs is 1. The number of methoxy groups -OCH3 is 2. The van der Waals surface area contributed by atoms with Gasteiger partial charge in [0.05, 0.1) is 38.5 Å². The molecule has 1 aromatic heterocycles. The summed E-state index contributed by atoms with van der Waals surface area (Å²) in [4.78, 5) is 4.65. The molecule has 0 amide bonds. The van der Waals surface area contributed by atoms with Crippen molar-refractivity contribution in [3.63, 3.8) is 0 Å². The molecule has 1 heterocycles. The van der Waals surface area contributed by atoms with Crippen LogP contribution in [0.5, 0.6) is 17.2 Å². The Morgan fingerprint density at radius 2 is 1.77 bits per heavy atom. The van der Waals surface area contributed by atoms with Gasteiger partial charge < -0.3 is 23.9 Å². The summed E-state index contributed by atoms with van der Waals surface area (Å²) >= 11 is 1.59. The van der Waals surface area contributed by atoms with Gasteiger partial charge >= 0.3 is 0 Å². The third-order valence-corrected chi connectivity index (χ3v) is 4.83. The predicted octanol–water partition coefficient (Wildman–Crippen LogP) is 3.22. The van der Waals surface area contributed by atoms with Crippen molar-refractivity contribution in [1.82, 2.24) is 9.55 Å². The largest absolute Gasteiger partial charge is 0.493 e. The monoisotopic (exact) mass is 374 g/mol. The third-order valence-electron chi connectivity index (χ3n) is 3.89. The van der Waals surface area contributed by atoms with Crippen LogP contribution >= 0.6 is 11.8 Å². The lowest BCUT2D eigenvalue weighted by Crippen LogP contribution is -2.06. The molecule has 2 aromatic carbocycles. The summed E-state index contributed by atoms with van der Waals surface area (Å²) in [5.74, 6) is 2.58. The number of aromatic nitrogens is 2. The fourth-order valence-corrected chi connectivity index (χ4v) is 3.57. The van der Waals surface area contributed by atoms with Crippen LogP contribution in [0.25, 0.3) is 11.0 Å². The lowest BCUT2D eigenvalue weighted by Gasteiger charge is -2.14. The molecule has 3 aromatic rings. The molecule has 7 heteroatoms. The highest BCUT2D eigenvalue weighted by Crippen LogP contribution is 2.37. The number of ether oxygens (including phenoxy) is 3. The summed E-state index contributed by atoms with van der Waals surface area (Å²) in [6.45, 7) is 1.07. The molecule has 0 saturated heterocycles. The maximum absolute atomic E-state index is 9.35. The lowest BCUT2D eigenvalue weighted by molar-refractivity contribution is 0.273. The van der Waals surface area contributed by atoms with E-state index in [1.165, 1.54) is 0 Å². The van der Waals surface area contributed by atoms with E-state index in [9.17, 15) is 5.11 Å². The second kappa shape index (κ2) is 8.82. The van der Waals surface area contributed by atoms with E-state index < -0.39 is 0 Å². The number of aliphatic hydroxyl groups excluding tert-OH is 1. The average Bonchev–Trinajstić information content (AvgIpc) is 3.03. The summed E-state index contributed by atoms with van der Waals surface area (Å²) in [6, 6.07) is 13.5. The molecule has 6 nitrogen and oxygen atoms in total. The number of hydrogen-bond acceptors (Lipinski definition) is 6. The fourth-order valence-electron chi connectivity index (χ4n) is 2.72. The van der Waals surface area contributed by atoms with E-state index in [1.807, 2.05) is 47.0 Å². The van der Waals surface area contributed by atoms with E-state index in [1.54, 1.807) is 26.0 Å². The molecule has 3 rings (SSSR count). The van der Waals surface area contributed by atoms with Crippen LogP contribution in [-0.4, -0.2) is 47.8 Å². The molecule has 0 atom stereocenters. The minimum Gasteiger partial charge on any atom is -0.493 e. The molecule has 0 aliphatic heterocycles. The van der Waals surface area contributed by atoms with E-state index in [2.05, 4.69) is 4.98 Å². The second-order valence-corrected chi connectivity index (χ2v) is 6.51. The third kappa shape index (κ3) is 3.89. The smallest absolute Gasteiger partial charge is 0.203 e. The van der Waals surface area contributed by atoms with Crippen molar-refractivity contribution in [2.75, 3.05) is 33.2 Å². The first-order chi connectivity index (χ1) is 12.8. The molecule has 138 valence electrons. The topological polar surface area (TPSA) is 65.7 Å². The van der Waals surface area contributed by atoms with Gasteiger partial charge in [-0.25, -0.2) is 4.98 Å². The number of rotatable bonds is 9. The van der Waals surface area contributed by atoms with Crippen LogP contribution in [0.3, 0.4) is 0 Å². The Morgan fingerprint density at radius 1 is 1.04 bits per heavy atom. The first kappa shape index (κ1) is 18.4. The molecule has 1 N–H and O–H groups in total. The van der Waals surface area contributed by atoms with Gasteiger partial charge in [0.1, 0.15) is 0 Å². The number of para-hydroxylation sites is 3. The van der Waals surface area contributed by atoms with Gasteiger partial charge in [0, 0.05) is 12.3 Å². The molecule has 0 radical (unpaired) electrons. The summed E-state index contributed by atoms with van der Waals surface area (Å²) in [5, 5.41) is 10.2. The van der Waals surface area contributed by atoms with Crippen molar-refractivity contribution >= 4 is 22.8 Å². The van der Waals surface area contributed by atoms with E-state index in [-0.39, 0.29) is 6.61 Å². The molecule has 0 unspecified atom stereocenters. The molecule has 0 aliphatic rings. The Morgan fingerprint density at radius 3 is 2.46 bits per heavy atom. The van der Waals surface area contributed by atoms with E-state index in [4.69, 9.17) is 14.2 Å². The zero-order valence-corrected chi connectivity index (χ0v) is 15.7. The molecule has 0 spiro atoms. The molecule has 0 saturated carbocycles. The second-order valence-electron chi connectivity index (χ2n) is 5.45. The number of imidazole rings is 1. The number of thioether (sulfide) groups is 1. The van der Waals surface area contributed by atoms with Gasteiger partial charge in [-0.1, -0.05) is 30.0 Å². The van der Waals surface area contributed by atoms with Gasteiger partial charge in [-0.05, 0) is 24.3 Å². The first-order valence-corrected chi connectivity index (χ1v) is 9.29.